The molecular formula is C6H3Br2NO2S. The molecule has 0 amide bonds. The van der Waals surface area contributed by atoms with E-state index in [0.29, 0.717) is 14.6 Å². The molecule has 0 fully saturated rings. The first-order chi connectivity index (χ1) is 5.61. The van der Waals surface area contributed by atoms with Crippen LogP contribution >= 0.6 is 31.9 Å². The van der Waals surface area contributed by atoms with Gasteiger partial charge in [-0.2, -0.15) is 8.42 Å². The molecule has 0 aromatic heterocycles. The van der Waals surface area contributed by atoms with Gasteiger partial charge < -0.3 is 0 Å². The standard InChI is InChI=1S/C6H3Br2NO2S/c7-4-2-1-3-5(8)6(4)9-12(10)11/h1-3H. The van der Waals surface area contributed by atoms with Gasteiger partial charge in [0.25, 0.3) is 0 Å². The summed E-state index contributed by atoms with van der Waals surface area (Å²) in [6, 6.07) is 5.22. The molecule has 0 radical (unpaired) electrons. The molecule has 0 aliphatic heterocycles. The van der Waals surface area contributed by atoms with Gasteiger partial charge in [-0.05, 0) is 44.0 Å². The summed E-state index contributed by atoms with van der Waals surface area (Å²) >= 11 is 6.36. The summed E-state index contributed by atoms with van der Waals surface area (Å²) in [5, 5.41) is 0. The third kappa shape index (κ3) is 2.40. The normalized spacial score (nSPS) is 9.50. The van der Waals surface area contributed by atoms with Crippen molar-refractivity contribution in [2.75, 3.05) is 0 Å². The Balaban J connectivity index is 3.41. The van der Waals surface area contributed by atoms with Gasteiger partial charge in [0.05, 0.1) is 0 Å². The summed E-state index contributed by atoms with van der Waals surface area (Å²) in [5.41, 5.74) is 0.380. The van der Waals surface area contributed by atoms with Gasteiger partial charge in [0.1, 0.15) is 5.69 Å². The molecule has 0 heterocycles. The van der Waals surface area contributed by atoms with E-state index in [0.717, 1.165) is 0 Å². The monoisotopic (exact) mass is 311 g/mol. The zero-order valence-electron chi connectivity index (χ0n) is 5.66. The van der Waals surface area contributed by atoms with Crippen LogP contribution in [0.4, 0.5) is 5.69 Å². The van der Waals surface area contributed by atoms with Gasteiger partial charge in [-0.1, -0.05) is 6.07 Å². The van der Waals surface area contributed by atoms with Crippen molar-refractivity contribution < 1.29 is 8.42 Å². The maximum atomic E-state index is 10.3. The third-order valence-corrected chi connectivity index (χ3v) is 2.71. The number of hydrogen-bond acceptors (Lipinski definition) is 3. The van der Waals surface area contributed by atoms with Crippen molar-refractivity contribution in [1.29, 1.82) is 0 Å². The predicted octanol–water partition coefficient (Wildman–Crippen LogP) is 2.91. The zero-order valence-corrected chi connectivity index (χ0v) is 9.65. The Morgan fingerprint density at radius 2 is 1.67 bits per heavy atom. The van der Waals surface area contributed by atoms with Crippen molar-refractivity contribution in [1.82, 2.24) is 0 Å². The van der Waals surface area contributed by atoms with E-state index < -0.39 is 10.5 Å². The van der Waals surface area contributed by atoms with E-state index >= 15 is 0 Å². The van der Waals surface area contributed by atoms with E-state index in [2.05, 4.69) is 36.2 Å². The first-order valence-corrected chi connectivity index (χ1v) is 5.48. The number of hydrogen-bond donors (Lipinski definition) is 0. The Labute approximate surface area is 87.8 Å². The molecule has 0 bridgehead atoms. The molecule has 6 heteroatoms. The van der Waals surface area contributed by atoms with Crippen molar-refractivity contribution in [3.8, 4) is 0 Å². The number of rotatable bonds is 1. The third-order valence-electron chi connectivity index (χ3n) is 1.10. The van der Waals surface area contributed by atoms with Crippen LogP contribution in [-0.4, -0.2) is 8.42 Å². The molecule has 0 saturated heterocycles. The molecule has 0 unspecified atom stereocenters. The van der Waals surface area contributed by atoms with Crippen molar-refractivity contribution >= 4 is 48.0 Å². The number of halogens is 2. The second-order valence-electron chi connectivity index (χ2n) is 1.88. The van der Waals surface area contributed by atoms with Crippen LogP contribution in [0.25, 0.3) is 0 Å². The highest BCUT2D eigenvalue weighted by Gasteiger charge is 2.02. The molecule has 64 valence electrons. The van der Waals surface area contributed by atoms with E-state index in [1.165, 1.54) is 0 Å². The van der Waals surface area contributed by atoms with Gasteiger partial charge >= 0.3 is 10.5 Å². The quantitative estimate of drug-likeness (QED) is 0.800. The Bertz CT molecular complexity index is 399. The summed E-state index contributed by atoms with van der Waals surface area (Å²) in [6.45, 7) is 0. The van der Waals surface area contributed by atoms with Crippen molar-refractivity contribution in [3.63, 3.8) is 0 Å². The maximum absolute atomic E-state index is 10.3. The molecular weight excluding hydrogens is 310 g/mol. The van der Waals surface area contributed by atoms with Crippen molar-refractivity contribution in [2.45, 2.75) is 0 Å². The summed E-state index contributed by atoms with van der Waals surface area (Å²) < 4.78 is 25.2. The second kappa shape index (κ2) is 4.15. The molecule has 0 spiro atoms. The zero-order chi connectivity index (χ0) is 9.14. The van der Waals surface area contributed by atoms with Gasteiger partial charge in [-0.15, -0.1) is 4.36 Å². The molecule has 1 aromatic carbocycles. The van der Waals surface area contributed by atoms with Crippen LogP contribution in [0.1, 0.15) is 0 Å². The molecule has 0 saturated carbocycles. The Morgan fingerprint density at radius 3 is 2.08 bits per heavy atom. The Hall–Kier alpha value is -0.200. The van der Waals surface area contributed by atoms with Crippen LogP contribution in [0.3, 0.4) is 0 Å². The van der Waals surface area contributed by atoms with Crippen LogP contribution in [0, 0.1) is 0 Å². The minimum atomic E-state index is -2.42. The van der Waals surface area contributed by atoms with Crippen LogP contribution in [0.5, 0.6) is 0 Å². The lowest BCUT2D eigenvalue weighted by molar-refractivity contribution is 0.622. The minimum Gasteiger partial charge on any atom is -0.163 e. The first-order valence-electron chi connectivity index (χ1n) is 2.86. The lowest BCUT2D eigenvalue weighted by Gasteiger charge is -1.96. The summed E-state index contributed by atoms with van der Waals surface area (Å²) in [6.07, 6.45) is 0. The molecule has 1 rings (SSSR count). The average molecular weight is 313 g/mol. The minimum absolute atomic E-state index is 0.380. The first kappa shape index (κ1) is 9.88. The molecule has 0 atom stereocenters. The number of nitrogens with zero attached hydrogens (tertiary/aromatic N) is 1. The molecule has 1 aromatic rings. The predicted molar refractivity (Wildman–Crippen MR) is 52.8 cm³/mol. The SMILES string of the molecule is O=S(=O)=Nc1c(Br)cccc1Br. The van der Waals surface area contributed by atoms with Crippen LogP contribution in [0.2, 0.25) is 0 Å². The number of benzene rings is 1. The van der Waals surface area contributed by atoms with E-state index in [4.69, 9.17) is 0 Å². The highest BCUT2D eigenvalue weighted by Crippen LogP contribution is 2.32. The molecule has 0 aliphatic rings. The van der Waals surface area contributed by atoms with E-state index in [9.17, 15) is 8.42 Å². The van der Waals surface area contributed by atoms with Crippen molar-refractivity contribution in [3.05, 3.63) is 27.1 Å². The fourth-order valence-electron chi connectivity index (χ4n) is 0.651. The van der Waals surface area contributed by atoms with E-state index in [1.807, 2.05) is 0 Å². The summed E-state index contributed by atoms with van der Waals surface area (Å²) in [5.74, 6) is 0. The van der Waals surface area contributed by atoms with Crippen LogP contribution in [-0.2, 0) is 10.5 Å². The topological polar surface area (TPSA) is 46.5 Å². The Morgan fingerprint density at radius 1 is 1.17 bits per heavy atom. The van der Waals surface area contributed by atoms with Gasteiger partial charge in [-0.25, -0.2) is 0 Å². The molecule has 0 N–H and O–H groups in total. The molecule has 3 nitrogen and oxygen atoms in total. The smallest absolute Gasteiger partial charge is 0.163 e. The fourth-order valence-corrected chi connectivity index (χ4v) is 2.41. The molecule has 0 aliphatic carbocycles. The second-order valence-corrected chi connectivity index (χ2v) is 4.20. The fraction of sp³-hybridized carbons (Fsp3) is 0. The largest absolute Gasteiger partial charge is 0.316 e. The Kier molecular flexibility index (Phi) is 3.42. The van der Waals surface area contributed by atoms with Gasteiger partial charge in [0, 0.05) is 8.95 Å². The van der Waals surface area contributed by atoms with Crippen LogP contribution < -0.4 is 0 Å². The maximum Gasteiger partial charge on any atom is 0.316 e. The van der Waals surface area contributed by atoms with Gasteiger partial charge in [-0.3, -0.25) is 0 Å². The van der Waals surface area contributed by atoms with Crippen molar-refractivity contribution in [2.24, 2.45) is 4.36 Å². The lowest BCUT2D eigenvalue weighted by Crippen LogP contribution is -1.70. The summed E-state index contributed by atoms with van der Waals surface area (Å²) in [7, 11) is -2.42. The van der Waals surface area contributed by atoms with Gasteiger partial charge in [0.2, 0.25) is 0 Å². The van der Waals surface area contributed by atoms with Crippen LogP contribution in [0.15, 0.2) is 31.5 Å². The van der Waals surface area contributed by atoms with Gasteiger partial charge in [0.15, 0.2) is 0 Å². The highest BCUT2D eigenvalue weighted by atomic mass is 79.9. The highest BCUT2D eigenvalue weighted by molar-refractivity contribution is 9.11. The van der Waals surface area contributed by atoms with E-state index in [1.54, 1.807) is 18.2 Å². The molecule has 12 heavy (non-hydrogen) atoms. The van der Waals surface area contributed by atoms with E-state index in [-0.39, 0.29) is 0 Å². The summed E-state index contributed by atoms with van der Waals surface area (Å²) in [4.78, 5) is 0. The lowest BCUT2D eigenvalue weighted by atomic mass is 10.3. The average Bonchev–Trinajstić information content (AvgIpc) is 1.97.